The molecular formula is C29H36N2O5. The predicted octanol–water partition coefficient (Wildman–Crippen LogP) is 4.42. The first-order valence-electron chi connectivity index (χ1n) is 12.6. The molecule has 192 valence electrons. The molecule has 0 radical (unpaired) electrons. The topological polar surface area (TPSA) is 79.3 Å². The number of aliphatic hydroxyl groups is 1. The van der Waals surface area contributed by atoms with Crippen molar-refractivity contribution in [1.29, 1.82) is 0 Å². The number of carbonyl (C=O) groups is 2. The molecule has 0 bridgehead atoms. The Labute approximate surface area is 213 Å². The van der Waals surface area contributed by atoms with Crippen molar-refractivity contribution in [3.63, 3.8) is 0 Å². The van der Waals surface area contributed by atoms with Gasteiger partial charge in [-0.05, 0) is 81.4 Å². The van der Waals surface area contributed by atoms with Gasteiger partial charge in [0.05, 0.1) is 18.2 Å². The van der Waals surface area contributed by atoms with E-state index in [1.54, 1.807) is 11.0 Å². The second-order valence-electron chi connectivity index (χ2n) is 10.4. The van der Waals surface area contributed by atoms with Crippen LogP contribution >= 0.6 is 0 Å². The van der Waals surface area contributed by atoms with E-state index in [2.05, 4.69) is 13.8 Å². The average molecular weight is 493 g/mol. The number of Topliss-reactive ketones (excluding diaryl/α,β-unsaturated/α-hetero) is 1. The van der Waals surface area contributed by atoms with Gasteiger partial charge in [-0.3, -0.25) is 9.59 Å². The Morgan fingerprint density at radius 3 is 2.69 bits per heavy atom. The van der Waals surface area contributed by atoms with Crippen LogP contribution in [0.2, 0.25) is 0 Å². The molecule has 2 aliphatic heterocycles. The van der Waals surface area contributed by atoms with Gasteiger partial charge in [0.2, 0.25) is 0 Å². The summed E-state index contributed by atoms with van der Waals surface area (Å²) in [6.45, 7) is 7.88. The van der Waals surface area contributed by atoms with E-state index < -0.39 is 17.7 Å². The van der Waals surface area contributed by atoms with E-state index in [0.717, 1.165) is 29.8 Å². The molecule has 2 aromatic carbocycles. The molecule has 0 aliphatic carbocycles. The van der Waals surface area contributed by atoms with Crippen LogP contribution in [0, 0.1) is 5.92 Å². The fourth-order valence-corrected chi connectivity index (χ4v) is 4.78. The lowest BCUT2D eigenvalue weighted by atomic mass is 9.94. The summed E-state index contributed by atoms with van der Waals surface area (Å²) < 4.78 is 11.7. The van der Waals surface area contributed by atoms with Crippen LogP contribution < -0.4 is 9.47 Å². The van der Waals surface area contributed by atoms with Crippen molar-refractivity contribution >= 4 is 17.4 Å². The minimum atomic E-state index is -0.696. The number of ether oxygens (including phenoxy) is 2. The van der Waals surface area contributed by atoms with Gasteiger partial charge in [0.1, 0.15) is 23.4 Å². The van der Waals surface area contributed by atoms with Gasteiger partial charge >= 0.3 is 0 Å². The number of amides is 1. The molecule has 1 amide bonds. The van der Waals surface area contributed by atoms with Gasteiger partial charge in [-0.1, -0.05) is 26.0 Å². The number of nitrogens with zero attached hydrogens (tertiary/aromatic N) is 2. The van der Waals surface area contributed by atoms with Crippen molar-refractivity contribution in [2.75, 3.05) is 33.8 Å². The summed E-state index contributed by atoms with van der Waals surface area (Å²) in [5.41, 5.74) is 2.33. The van der Waals surface area contributed by atoms with E-state index in [4.69, 9.17) is 9.47 Å². The Balaban J connectivity index is 1.76. The maximum absolute atomic E-state index is 13.3. The Morgan fingerprint density at radius 1 is 1.19 bits per heavy atom. The zero-order valence-electron chi connectivity index (χ0n) is 21.8. The van der Waals surface area contributed by atoms with Crippen LogP contribution in [0.4, 0.5) is 0 Å². The van der Waals surface area contributed by atoms with Crippen LogP contribution in [0.25, 0.3) is 5.76 Å². The van der Waals surface area contributed by atoms with Gasteiger partial charge in [0.15, 0.2) is 0 Å². The lowest BCUT2D eigenvalue weighted by Crippen LogP contribution is -2.32. The molecule has 2 heterocycles. The van der Waals surface area contributed by atoms with Gasteiger partial charge in [0, 0.05) is 18.5 Å². The molecule has 2 aliphatic rings. The maximum atomic E-state index is 13.3. The third-order valence-corrected chi connectivity index (χ3v) is 6.47. The van der Waals surface area contributed by atoms with Crippen LogP contribution in [-0.4, -0.2) is 66.5 Å². The van der Waals surface area contributed by atoms with Crippen LogP contribution in [0.5, 0.6) is 11.5 Å². The Morgan fingerprint density at radius 2 is 1.97 bits per heavy atom. The Hall–Kier alpha value is -3.32. The lowest BCUT2D eigenvalue weighted by Gasteiger charge is -2.26. The first-order valence-corrected chi connectivity index (χ1v) is 12.6. The fourth-order valence-electron chi connectivity index (χ4n) is 4.78. The summed E-state index contributed by atoms with van der Waals surface area (Å²) in [5.74, 6) is 0.396. The minimum absolute atomic E-state index is 0.0632. The second kappa shape index (κ2) is 10.7. The highest BCUT2D eigenvalue weighted by Crippen LogP contribution is 2.41. The number of hydrogen-bond acceptors (Lipinski definition) is 6. The van der Waals surface area contributed by atoms with Crippen molar-refractivity contribution < 1.29 is 24.2 Å². The lowest BCUT2D eigenvalue weighted by molar-refractivity contribution is -0.139. The highest BCUT2D eigenvalue weighted by molar-refractivity contribution is 6.46. The van der Waals surface area contributed by atoms with Crippen molar-refractivity contribution in [2.24, 2.45) is 5.92 Å². The van der Waals surface area contributed by atoms with E-state index in [1.165, 1.54) is 0 Å². The molecule has 2 aromatic rings. The van der Waals surface area contributed by atoms with Crippen LogP contribution in [0.15, 0.2) is 48.0 Å². The quantitative estimate of drug-likeness (QED) is 0.317. The normalized spacial score (nSPS) is 20.8. The third kappa shape index (κ3) is 5.41. The Kier molecular flexibility index (Phi) is 7.69. The van der Waals surface area contributed by atoms with Gasteiger partial charge < -0.3 is 24.4 Å². The molecule has 4 rings (SSSR count). The van der Waals surface area contributed by atoms with E-state index >= 15 is 0 Å². The van der Waals surface area contributed by atoms with Gasteiger partial charge in [-0.2, -0.15) is 0 Å². The number of aliphatic hydroxyl groups excluding tert-OH is 1. The molecule has 7 nitrogen and oxygen atoms in total. The summed E-state index contributed by atoms with van der Waals surface area (Å²) >= 11 is 0. The number of benzene rings is 2. The van der Waals surface area contributed by atoms with Crippen LogP contribution in [0.1, 0.15) is 49.9 Å². The molecular weight excluding hydrogens is 456 g/mol. The number of fused-ring (bicyclic) bond motifs is 1. The largest absolute Gasteiger partial charge is 0.507 e. The van der Waals surface area contributed by atoms with Gasteiger partial charge in [0.25, 0.3) is 11.7 Å². The summed E-state index contributed by atoms with van der Waals surface area (Å²) in [4.78, 5) is 30.2. The van der Waals surface area contributed by atoms with Gasteiger partial charge in [-0.25, -0.2) is 0 Å². The van der Waals surface area contributed by atoms with E-state index in [9.17, 15) is 14.7 Å². The third-order valence-electron chi connectivity index (χ3n) is 6.47. The standard InChI is InChI=1S/C29H36N2O5/c1-18(2)17-35-23-9-6-8-20(16-23)26-25(28(33)29(34)31(26)13-7-12-30(4)5)27(32)21-10-11-24-22(15-21)14-19(3)36-24/h6,8-11,15-16,18-19,26,32H,7,12-14,17H2,1-5H3/b27-25-. The average Bonchev–Trinajstić information content (AvgIpc) is 3.33. The monoisotopic (exact) mass is 492 g/mol. The predicted molar refractivity (Wildman–Crippen MR) is 139 cm³/mol. The molecule has 2 atom stereocenters. The minimum Gasteiger partial charge on any atom is -0.507 e. The van der Waals surface area contributed by atoms with Crippen LogP contribution in [0.3, 0.4) is 0 Å². The maximum Gasteiger partial charge on any atom is 0.295 e. The molecule has 7 heteroatoms. The Bertz CT molecular complexity index is 1170. The molecule has 0 saturated carbocycles. The molecule has 0 aromatic heterocycles. The molecule has 36 heavy (non-hydrogen) atoms. The van der Waals surface area contributed by atoms with Crippen molar-refractivity contribution in [3.05, 3.63) is 64.7 Å². The SMILES string of the molecule is CC(C)COc1cccc(C2/C(=C(/O)c3ccc4c(c3)CC(C)O4)C(=O)C(=O)N2CCCN(C)C)c1. The molecule has 1 saturated heterocycles. The zero-order valence-corrected chi connectivity index (χ0v) is 21.8. The summed E-state index contributed by atoms with van der Waals surface area (Å²) in [5, 5.41) is 11.4. The molecule has 1 fully saturated rings. The summed E-state index contributed by atoms with van der Waals surface area (Å²) in [6, 6.07) is 12.2. The zero-order chi connectivity index (χ0) is 26.0. The second-order valence-corrected chi connectivity index (χ2v) is 10.4. The first-order chi connectivity index (χ1) is 17.2. The fraction of sp³-hybridized carbons (Fsp3) is 0.448. The van der Waals surface area contributed by atoms with E-state index in [0.29, 0.717) is 36.8 Å². The number of ketones is 1. The molecule has 2 unspecified atom stereocenters. The van der Waals surface area contributed by atoms with Crippen molar-refractivity contribution in [3.8, 4) is 11.5 Å². The molecule has 1 N–H and O–H groups in total. The smallest absolute Gasteiger partial charge is 0.295 e. The number of rotatable bonds is 9. The van der Waals surface area contributed by atoms with Crippen LogP contribution in [-0.2, 0) is 16.0 Å². The summed E-state index contributed by atoms with van der Waals surface area (Å²) in [6.07, 6.45) is 1.50. The van der Waals surface area contributed by atoms with Crippen molar-refractivity contribution in [2.45, 2.75) is 45.8 Å². The highest BCUT2D eigenvalue weighted by Gasteiger charge is 2.46. The first kappa shape index (κ1) is 25.8. The van der Waals surface area contributed by atoms with E-state index in [-0.39, 0.29) is 17.4 Å². The molecule has 0 spiro atoms. The number of hydrogen-bond donors (Lipinski definition) is 1. The summed E-state index contributed by atoms with van der Waals surface area (Å²) in [7, 11) is 3.94. The number of likely N-dealkylation sites (tertiary alicyclic amines) is 1. The highest BCUT2D eigenvalue weighted by atomic mass is 16.5. The number of carbonyl (C=O) groups excluding carboxylic acids is 2. The van der Waals surface area contributed by atoms with E-state index in [1.807, 2.05) is 62.3 Å². The van der Waals surface area contributed by atoms with Gasteiger partial charge in [-0.15, -0.1) is 0 Å². The van der Waals surface area contributed by atoms with Crippen molar-refractivity contribution in [1.82, 2.24) is 9.80 Å².